The van der Waals surface area contributed by atoms with Crippen LogP contribution in [0, 0.1) is 5.92 Å². The fourth-order valence-electron chi connectivity index (χ4n) is 1.98. The summed E-state index contributed by atoms with van der Waals surface area (Å²) in [6.45, 7) is 0.0838. The van der Waals surface area contributed by atoms with Crippen molar-refractivity contribution in [2.75, 3.05) is 11.9 Å². The smallest absolute Gasteiger partial charge is 0.319 e. The number of amides is 2. The van der Waals surface area contributed by atoms with E-state index in [0.29, 0.717) is 23.0 Å². The number of anilines is 1. The molecule has 104 valence electrons. The number of nitrogens with one attached hydrogen (secondary N) is 2. The molecule has 1 aliphatic rings. The molecule has 19 heavy (non-hydrogen) atoms. The van der Waals surface area contributed by atoms with Crippen molar-refractivity contribution in [1.29, 1.82) is 0 Å². The summed E-state index contributed by atoms with van der Waals surface area (Å²) in [5.74, 6) is 0.498. The Balaban J connectivity index is 1.92. The highest BCUT2D eigenvalue weighted by molar-refractivity contribution is 9.10. The van der Waals surface area contributed by atoms with Gasteiger partial charge in [0.05, 0.1) is 10.7 Å². The maximum atomic E-state index is 11.9. The zero-order valence-electron chi connectivity index (χ0n) is 10.3. The van der Waals surface area contributed by atoms with E-state index in [1.54, 1.807) is 12.1 Å². The van der Waals surface area contributed by atoms with E-state index in [4.69, 9.17) is 16.7 Å². The van der Waals surface area contributed by atoms with Gasteiger partial charge in [0.1, 0.15) is 0 Å². The molecule has 2 rings (SSSR count). The van der Waals surface area contributed by atoms with Gasteiger partial charge in [-0.3, -0.25) is 0 Å². The number of halogens is 2. The van der Waals surface area contributed by atoms with Crippen molar-refractivity contribution in [1.82, 2.24) is 5.32 Å². The molecule has 0 radical (unpaired) electrons. The number of carbonyl (C=O) groups excluding carboxylic acids is 1. The highest BCUT2D eigenvalue weighted by atomic mass is 79.9. The van der Waals surface area contributed by atoms with Gasteiger partial charge in [-0.25, -0.2) is 4.79 Å². The molecule has 1 fully saturated rings. The minimum atomic E-state index is -0.283. The van der Waals surface area contributed by atoms with Gasteiger partial charge in [-0.05, 0) is 43.4 Å². The Bertz CT molecular complexity index is 466. The van der Waals surface area contributed by atoms with Crippen LogP contribution in [-0.4, -0.2) is 23.8 Å². The van der Waals surface area contributed by atoms with Gasteiger partial charge in [0.15, 0.2) is 0 Å². The van der Waals surface area contributed by atoms with Crippen LogP contribution in [0.25, 0.3) is 0 Å². The van der Waals surface area contributed by atoms with Crippen molar-refractivity contribution in [3.63, 3.8) is 0 Å². The maximum absolute atomic E-state index is 11.9. The third-order valence-corrected chi connectivity index (χ3v) is 3.93. The summed E-state index contributed by atoms with van der Waals surface area (Å²) >= 11 is 9.34. The van der Waals surface area contributed by atoms with E-state index in [-0.39, 0.29) is 18.7 Å². The van der Waals surface area contributed by atoms with Crippen LogP contribution < -0.4 is 10.6 Å². The average Bonchev–Trinajstić information content (AvgIpc) is 3.16. The molecule has 0 bridgehead atoms. The lowest BCUT2D eigenvalue weighted by molar-refractivity contribution is 0.234. The summed E-state index contributed by atoms with van der Waals surface area (Å²) < 4.78 is 0.861. The van der Waals surface area contributed by atoms with Crippen molar-refractivity contribution in [2.24, 2.45) is 5.92 Å². The first-order valence-electron chi connectivity index (χ1n) is 6.23. The molecule has 2 amide bonds. The van der Waals surface area contributed by atoms with E-state index < -0.39 is 0 Å². The molecule has 0 spiro atoms. The topological polar surface area (TPSA) is 61.4 Å². The largest absolute Gasteiger partial charge is 0.396 e. The molecular weight excluding hydrogens is 332 g/mol. The van der Waals surface area contributed by atoms with E-state index in [1.807, 2.05) is 6.07 Å². The van der Waals surface area contributed by atoms with Crippen molar-refractivity contribution < 1.29 is 9.90 Å². The van der Waals surface area contributed by atoms with Crippen LogP contribution in [0.3, 0.4) is 0 Å². The highest BCUT2D eigenvalue weighted by Crippen LogP contribution is 2.34. The summed E-state index contributed by atoms with van der Waals surface area (Å²) in [6.07, 6.45) is 2.82. The normalized spacial score (nSPS) is 15.9. The first kappa shape index (κ1) is 14.6. The second kappa shape index (κ2) is 6.59. The molecule has 1 atom stereocenters. The minimum Gasteiger partial charge on any atom is -0.396 e. The summed E-state index contributed by atoms with van der Waals surface area (Å²) in [4.78, 5) is 11.9. The van der Waals surface area contributed by atoms with Crippen LogP contribution in [0.15, 0.2) is 22.7 Å². The van der Waals surface area contributed by atoms with Gasteiger partial charge in [-0.2, -0.15) is 0 Å². The zero-order chi connectivity index (χ0) is 13.8. The van der Waals surface area contributed by atoms with Crippen LogP contribution >= 0.6 is 27.5 Å². The number of hydrogen-bond donors (Lipinski definition) is 3. The van der Waals surface area contributed by atoms with Gasteiger partial charge in [-0.1, -0.05) is 27.5 Å². The van der Waals surface area contributed by atoms with Gasteiger partial charge >= 0.3 is 6.03 Å². The fraction of sp³-hybridized carbons (Fsp3) is 0.462. The molecule has 4 nitrogen and oxygen atoms in total. The molecule has 0 heterocycles. The average molecular weight is 348 g/mol. The third-order valence-electron chi connectivity index (χ3n) is 3.13. The number of rotatable bonds is 5. The molecule has 0 saturated heterocycles. The van der Waals surface area contributed by atoms with Crippen molar-refractivity contribution in [2.45, 2.75) is 25.3 Å². The molecule has 1 aromatic rings. The molecule has 1 aliphatic carbocycles. The van der Waals surface area contributed by atoms with Crippen LogP contribution in [-0.2, 0) is 0 Å². The summed E-state index contributed by atoms with van der Waals surface area (Å²) in [7, 11) is 0. The number of carbonyl (C=O) groups is 1. The molecule has 6 heteroatoms. The van der Waals surface area contributed by atoms with E-state index in [2.05, 4.69) is 26.6 Å². The quantitative estimate of drug-likeness (QED) is 0.764. The zero-order valence-corrected chi connectivity index (χ0v) is 12.7. The molecule has 0 aliphatic heterocycles. The lowest BCUT2D eigenvalue weighted by atomic mass is 10.1. The van der Waals surface area contributed by atoms with E-state index in [1.165, 1.54) is 0 Å². The lowest BCUT2D eigenvalue weighted by Gasteiger charge is -2.18. The number of hydrogen-bond acceptors (Lipinski definition) is 2. The van der Waals surface area contributed by atoms with Crippen LogP contribution in [0.2, 0.25) is 5.02 Å². The first-order chi connectivity index (χ1) is 9.10. The summed E-state index contributed by atoms with van der Waals surface area (Å²) in [5.41, 5.74) is 0.570. The lowest BCUT2D eigenvalue weighted by Crippen LogP contribution is -2.39. The van der Waals surface area contributed by atoms with Gasteiger partial charge < -0.3 is 15.7 Å². The second-order valence-corrected chi connectivity index (χ2v) is 6.00. The maximum Gasteiger partial charge on any atom is 0.319 e. The van der Waals surface area contributed by atoms with Crippen LogP contribution in [0.5, 0.6) is 0 Å². The first-order valence-corrected chi connectivity index (χ1v) is 7.40. The highest BCUT2D eigenvalue weighted by Gasteiger charge is 2.31. The summed E-state index contributed by atoms with van der Waals surface area (Å²) in [5, 5.41) is 15.1. The third kappa shape index (κ3) is 4.37. The van der Waals surface area contributed by atoms with E-state index >= 15 is 0 Å². The Hall–Kier alpha value is -0.780. The monoisotopic (exact) mass is 346 g/mol. The molecule has 1 saturated carbocycles. The Morgan fingerprint density at radius 3 is 2.84 bits per heavy atom. The summed E-state index contributed by atoms with van der Waals surface area (Å²) in [6, 6.07) is 5.04. The molecule has 1 aromatic carbocycles. The predicted octanol–water partition coefficient (Wildman–Crippen LogP) is 3.39. The van der Waals surface area contributed by atoms with E-state index in [0.717, 1.165) is 17.3 Å². The number of benzene rings is 1. The van der Waals surface area contributed by atoms with Crippen molar-refractivity contribution in [3.8, 4) is 0 Å². The molecule has 0 aromatic heterocycles. The second-order valence-electron chi connectivity index (χ2n) is 4.68. The predicted molar refractivity (Wildman–Crippen MR) is 79.5 cm³/mol. The number of aliphatic hydroxyl groups excluding tert-OH is 1. The fourth-order valence-corrected chi connectivity index (χ4v) is 2.70. The van der Waals surface area contributed by atoms with Crippen LogP contribution in [0.4, 0.5) is 10.5 Å². The van der Waals surface area contributed by atoms with Crippen molar-refractivity contribution >= 4 is 39.2 Å². The molecule has 0 unspecified atom stereocenters. The SMILES string of the molecule is O=C(Nc1ccc(Br)cc1Cl)N[C@@H](CCO)C1CC1. The van der Waals surface area contributed by atoms with Gasteiger partial charge in [0.25, 0.3) is 0 Å². The Kier molecular flexibility index (Phi) is 5.07. The Labute approximate surface area is 125 Å². The van der Waals surface area contributed by atoms with Crippen molar-refractivity contribution in [3.05, 3.63) is 27.7 Å². The van der Waals surface area contributed by atoms with E-state index in [9.17, 15) is 4.79 Å². The Morgan fingerprint density at radius 2 is 2.26 bits per heavy atom. The van der Waals surface area contributed by atoms with Gasteiger partial charge in [0.2, 0.25) is 0 Å². The molecular formula is C13H16BrClN2O2. The van der Waals surface area contributed by atoms with Gasteiger partial charge in [-0.15, -0.1) is 0 Å². The van der Waals surface area contributed by atoms with Gasteiger partial charge in [0, 0.05) is 17.1 Å². The number of aliphatic hydroxyl groups is 1. The minimum absolute atomic E-state index is 0.0409. The standard InChI is InChI=1S/C13H16BrClN2O2/c14-9-3-4-12(10(15)7-9)17-13(19)16-11(5-6-18)8-1-2-8/h3-4,7-8,11,18H,1-2,5-6H2,(H2,16,17,19)/t11-/m0/s1. The van der Waals surface area contributed by atoms with Crippen LogP contribution in [0.1, 0.15) is 19.3 Å². The Morgan fingerprint density at radius 1 is 1.53 bits per heavy atom. The number of urea groups is 1. The molecule has 3 N–H and O–H groups in total.